The molecule has 1 fully saturated rings. The Morgan fingerprint density at radius 1 is 1.03 bits per heavy atom. The van der Waals surface area contributed by atoms with Gasteiger partial charge in [-0.25, -0.2) is 19.9 Å². The molecule has 0 radical (unpaired) electrons. The van der Waals surface area contributed by atoms with Crippen LogP contribution in [0.15, 0.2) is 43.2 Å². The van der Waals surface area contributed by atoms with Crippen LogP contribution in [0.1, 0.15) is 30.0 Å². The van der Waals surface area contributed by atoms with Crippen LogP contribution in [0, 0.1) is 0 Å². The van der Waals surface area contributed by atoms with E-state index in [-0.39, 0.29) is 0 Å². The first-order valence-electron chi connectivity index (χ1n) is 9.46. The molecule has 0 aromatic carbocycles. The molecule has 0 atom stereocenters. The monoisotopic (exact) mass is 414 g/mol. The van der Waals surface area contributed by atoms with E-state index in [0.29, 0.717) is 23.1 Å². The van der Waals surface area contributed by atoms with Crippen LogP contribution in [0.3, 0.4) is 0 Å². The van der Waals surface area contributed by atoms with Crippen LogP contribution in [0.2, 0.25) is 0 Å². The van der Waals surface area contributed by atoms with Gasteiger partial charge >= 0.3 is 6.18 Å². The van der Waals surface area contributed by atoms with Crippen molar-refractivity contribution in [1.82, 2.24) is 34.5 Å². The normalized spacial score (nSPS) is 15.8. The number of piperidine rings is 1. The third-order valence-electron chi connectivity index (χ3n) is 5.37. The molecule has 0 spiro atoms. The highest BCUT2D eigenvalue weighted by atomic mass is 19.4. The van der Waals surface area contributed by atoms with E-state index in [1.807, 2.05) is 18.5 Å². The van der Waals surface area contributed by atoms with Crippen molar-refractivity contribution in [1.29, 1.82) is 0 Å². The summed E-state index contributed by atoms with van der Waals surface area (Å²) >= 11 is 0. The maximum atomic E-state index is 13.1. The number of fused-ring (bicyclic) bond motifs is 1. The van der Waals surface area contributed by atoms with Crippen LogP contribution in [-0.2, 0) is 6.18 Å². The summed E-state index contributed by atoms with van der Waals surface area (Å²) in [6.45, 7) is 1.64. The van der Waals surface area contributed by atoms with Crippen LogP contribution >= 0.6 is 0 Å². The lowest BCUT2D eigenvalue weighted by atomic mass is 9.92. The SMILES string of the molecule is FC(F)(F)c1cn2c(-c3nccc(N4CCC(c5cn[nH]c5)CC4)n3)cnc2cn1. The molecule has 1 aliphatic heterocycles. The number of halogens is 3. The number of rotatable bonds is 3. The highest BCUT2D eigenvalue weighted by molar-refractivity contribution is 5.58. The molecular weight excluding hydrogens is 397 g/mol. The van der Waals surface area contributed by atoms with Crippen molar-refractivity contribution < 1.29 is 13.2 Å². The van der Waals surface area contributed by atoms with Gasteiger partial charge in [-0.15, -0.1) is 0 Å². The maximum Gasteiger partial charge on any atom is 0.434 e. The first-order valence-corrected chi connectivity index (χ1v) is 9.46. The zero-order valence-electron chi connectivity index (χ0n) is 15.7. The predicted octanol–water partition coefficient (Wildman–Crippen LogP) is 3.31. The molecule has 5 heterocycles. The van der Waals surface area contributed by atoms with E-state index >= 15 is 0 Å². The molecule has 1 saturated heterocycles. The van der Waals surface area contributed by atoms with Gasteiger partial charge < -0.3 is 4.90 Å². The minimum atomic E-state index is -4.54. The number of aromatic amines is 1. The number of aromatic nitrogens is 7. The summed E-state index contributed by atoms with van der Waals surface area (Å²) in [4.78, 5) is 18.6. The zero-order chi connectivity index (χ0) is 20.7. The fourth-order valence-corrected chi connectivity index (χ4v) is 3.78. The van der Waals surface area contributed by atoms with Gasteiger partial charge in [0.1, 0.15) is 11.5 Å². The Kier molecular flexibility index (Phi) is 4.37. The molecule has 154 valence electrons. The molecule has 0 bridgehead atoms. The highest BCUT2D eigenvalue weighted by Gasteiger charge is 2.33. The Morgan fingerprint density at radius 2 is 1.87 bits per heavy atom. The molecule has 0 unspecified atom stereocenters. The van der Waals surface area contributed by atoms with Gasteiger partial charge in [0, 0.05) is 31.7 Å². The van der Waals surface area contributed by atoms with E-state index in [1.165, 1.54) is 16.2 Å². The molecule has 4 aromatic rings. The van der Waals surface area contributed by atoms with Gasteiger partial charge in [0.25, 0.3) is 0 Å². The Morgan fingerprint density at radius 3 is 2.60 bits per heavy atom. The molecule has 0 saturated carbocycles. The third-order valence-corrected chi connectivity index (χ3v) is 5.37. The quantitative estimate of drug-likeness (QED) is 0.553. The molecule has 8 nitrogen and oxygen atoms in total. The number of nitrogens with one attached hydrogen (secondary N) is 1. The van der Waals surface area contributed by atoms with Gasteiger partial charge in [0.2, 0.25) is 0 Å². The standard InChI is InChI=1S/C19H17F3N8/c20-19(21,22)15-11-30-14(9-25-17(30)10-24-15)18-23-4-1-16(28-18)29-5-2-12(3-6-29)13-7-26-27-8-13/h1,4,7-12H,2-3,5-6H2,(H,26,27). The molecule has 4 aromatic heterocycles. The second-order valence-electron chi connectivity index (χ2n) is 7.17. The topological polar surface area (TPSA) is 87.9 Å². The van der Waals surface area contributed by atoms with E-state index in [4.69, 9.17) is 0 Å². The number of imidazole rings is 1. The molecule has 11 heteroatoms. The molecule has 1 N–H and O–H groups in total. The van der Waals surface area contributed by atoms with Crippen molar-refractivity contribution in [3.63, 3.8) is 0 Å². The Labute approximate surface area is 168 Å². The van der Waals surface area contributed by atoms with E-state index in [1.54, 1.807) is 6.20 Å². The van der Waals surface area contributed by atoms with Crippen molar-refractivity contribution in [2.45, 2.75) is 24.9 Å². The summed E-state index contributed by atoms with van der Waals surface area (Å²) in [5, 5.41) is 6.87. The number of hydrogen-bond donors (Lipinski definition) is 1. The van der Waals surface area contributed by atoms with E-state index < -0.39 is 11.9 Å². The first kappa shape index (κ1) is 18.5. The number of anilines is 1. The van der Waals surface area contributed by atoms with E-state index in [0.717, 1.165) is 44.1 Å². The smallest absolute Gasteiger partial charge is 0.356 e. The van der Waals surface area contributed by atoms with E-state index in [2.05, 4.69) is 35.0 Å². The van der Waals surface area contributed by atoms with Gasteiger partial charge in [-0.3, -0.25) is 9.50 Å². The lowest BCUT2D eigenvalue weighted by molar-refractivity contribution is -0.141. The summed E-state index contributed by atoms with van der Waals surface area (Å²) < 4.78 is 40.5. The molecule has 0 amide bonds. The largest absolute Gasteiger partial charge is 0.434 e. The van der Waals surface area contributed by atoms with Crippen LogP contribution in [0.5, 0.6) is 0 Å². The number of H-pyrrole nitrogens is 1. The van der Waals surface area contributed by atoms with Crippen LogP contribution in [0.25, 0.3) is 17.2 Å². The van der Waals surface area contributed by atoms with Crippen molar-refractivity contribution in [2.24, 2.45) is 0 Å². The summed E-state index contributed by atoms with van der Waals surface area (Å²) in [5.41, 5.74) is 0.894. The summed E-state index contributed by atoms with van der Waals surface area (Å²) in [6, 6.07) is 1.81. The summed E-state index contributed by atoms with van der Waals surface area (Å²) in [6.07, 6.45) is 6.27. The second-order valence-corrected chi connectivity index (χ2v) is 7.17. The fraction of sp³-hybridized carbons (Fsp3) is 0.316. The summed E-state index contributed by atoms with van der Waals surface area (Å²) in [5.74, 6) is 1.51. The van der Waals surface area contributed by atoms with Gasteiger partial charge in [0.15, 0.2) is 17.2 Å². The lowest BCUT2D eigenvalue weighted by Gasteiger charge is -2.32. The third kappa shape index (κ3) is 3.36. The van der Waals surface area contributed by atoms with Crippen molar-refractivity contribution in [3.05, 3.63) is 54.5 Å². The zero-order valence-corrected chi connectivity index (χ0v) is 15.7. The van der Waals surface area contributed by atoms with Gasteiger partial charge in [-0.2, -0.15) is 18.3 Å². The molecule has 5 rings (SSSR count). The minimum absolute atomic E-state index is 0.299. The minimum Gasteiger partial charge on any atom is -0.356 e. The first-order chi connectivity index (χ1) is 14.5. The van der Waals surface area contributed by atoms with E-state index in [9.17, 15) is 13.2 Å². The van der Waals surface area contributed by atoms with Crippen LogP contribution < -0.4 is 4.90 Å². The van der Waals surface area contributed by atoms with Crippen LogP contribution in [-0.4, -0.2) is 47.6 Å². The molecule has 30 heavy (non-hydrogen) atoms. The average Bonchev–Trinajstić information content (AvgIpc) is 3.43. The summed E-state index contributed by atoms with van der Waals surface area (Å²) in [7, 11) is 0. The highest BCUT2D eigenvalue weighted by Crippen LogP contribution is 2.31. The number of hydrogen-bond acceptors (Lipinski definition) is 6. The van der Waals surface area contributed by atoms with Crippen molar-refractivity contribution >= 4 is 11.5 Å². The number of nitrogens with zero attached hydrogens (tertiary/aromatic N) is 7. The average molecular weight is 414 g/mol. The van der Waals surface area contributed by atoms with Gasteiger partial charge in [0.05, 0.1) is 18.6 Å². The second kappa shape index (κ2) is 7.08. The Balaban J connectivity index is 1.42. The van der Waals surface area contributed by atoms with Crippen molar-refractivity contribution in [2.75, 3.05) is 18.0 Å². The Bertz CT molecular complexity index is 1160. The number of alkyl halides is 3. The van der Waals surface area contributed by atoms with Crippen LogP contribution in [0.4, 0.5) is 19.0 Å². The maximum absolute atomic E-state index is 13.1. The Hall–Kier alpha value is -3.50. The lowest BCUT2D eigenvalue weighted by Crippen LogP contribution is -2.33. The molecular formula is C19H17F3N8. The molecule has 1 aliphatic rings. The molecule has 0 aliphatic carbocycles. The predicted molar refractivity (Wildman–Crippen MR) is 102 cm³/mol. The van der Waals surface area contributed by atoms with Crippen molar-refractivity contribution in [3.8, 4) is 11.5 Å². The van der Waals surface area contributed by atoms with Gasteiger partial charge in [-0.05, 0) is 30.4 Å². The van der Waals surface area contributed by atoms with Gasteiger partial charge in [-0.1, -0.05) is 0 Å². The fourth-order valence-electron chi connectivity index (χ4n) is 3.78.